The summed E-state index contributed by atoms with van der Waals surface area (Å²) in [6.45, 7) is 13.2. The minimum atomic E-state index is -0.880. The van der Waals surface area contributed by atoms with Crippen LogP contribution in [0.25, 0.3) is 10.4 Å². The molecule has 3 aliphatic rings. The Morgan fingerprint density at radius 1 is 1.06 bits per heavy atom. The quantitative estimate of drug-likeness (QED) is 0.266. The summed E-state index contributed by atoms with van der Waals surface area (Å²) in [5, 5.41) is 19.8. The molecule has 4 heterocycles. The smallest absolute Gasteiger partial charge is 0.246 e. The highest BCUT2D eigenvalue weighted by Crippen LogP contribution is 2.35. The highest BCUT2D eigenvalue weighted by molar-refractivity contribution is 7.13. The Morgan fingerprint density at radius 3 is 2.31 bits per heavy atom. The van der Waals surface area contributed by atoms with Crippen molar-refractivity contribution >= 4 is 35.0 Å². The van der Waals surface area contributed by atoms with Gasteiger partial charge in [0.05, 0.1) is 28.2 Å². The number of β-amino-alcohol motifs (C(OH)–C–C–N with tert-alkyl or cyclic N) is 1. The van der Waals surface area contributed by atoms with Crippen molar-refractivity contribution in [2.24, 2.45) is 10.8 Å². The van der Waals surface area contributed by atoms with E-state index in [1.54, 1.807) is 11.3 Å². The monoisotopic (exact) mass is 680 g/mol. The third-order valence-electron chi connectivity index (χ3n) is 10.3. The number of rotatable bonds is 11. The van der Waals surface area contributed by atoms with Crippen LogP contribution in [0.15, 0.2) is 29.8 Å². The van der Waals surface area contributed by atoms with Crippen LogP contribution in [-0.2, 0) is 19.2 Å². The van der Waals surface area contributed by atoms with E-state index in [0.29, 0.717) is 24.7 Å². The second-order valence-corrected chi connectivity index (χ2v) is 15.9. The highest BCUT2D eigenvalue weighted by atomic mass is 32.1. The molecule has 2 unspecified atom stereocenters. The van der Waals surface area contributed by atoms with E-state index in [1.165, 1.54) is 4.90 Å². The number of carbonyl (C=O) groups excluding carboxylic acids is 4. The summed E-state index contributed by atoms with van der Waals surface area (Å²) in [6.07, 6.45) is 3.15. The van der Waals surface area contributed by atoms with Crippen LogP contribution in [0, 0.1) is 17.8 Å². The fourth-order valence-electron chi connectivity index (χ4n) is 7.03. The molecule has 0 saturated carbocycles. The van der Waals surface area contributed by atoms with Crippen molar-refractivity contribution in [2.75, 3.05) is 32.7 Å². The maximum atomic E-state index is 13.9. The van der Waals surface area contributed by atoms with Gasteiger partial charge < -0.3 is 30.9 Å². The number of nitrogens with zero attached hydrogens (tertiary/aromatic N) is 3. The standard InChI is InChI=1S/C36H52N6O5S/c1-23(25-10-12-26(13-11-25)31-24(2)38-22-48-31)39-33(46)28-18-27(43)19-42(28)34(47)32(35(3,4)5)40-29(44)8-6-7-9-30(45)41-16-14-36(15-17-41)20-37-21-36/h10-13,22-23,27-28,32,37,43H,6-9,14-21H2,1-5H3,(H,39,46)(H,40,44)/t23?,27-,28+,32?/m1/s1. The van der Waals surface area contributed by atoms with Crippen LogP contribution < -0.4 is 16.0 Å². The number of amides is 4. The molecule has 1 aromatic carbocycles. The first-order chi connectivity index (χ1) is 22.8. The number of hydrogen-bond acceptors (Lipinski definition) is 8. The van der Waals surface area contributed by atoms with Crippen LogP contribution in [0.5, 0.6) is 0 Å². The summed E-state index contributed by atoms with van der Waals surface area (Å²) in [4.78, 5) is 62.1. The van der Waals surface area contributed by atoms with Gasteiger partial charge in [-0.05, 0) is 61.5 Å². The normalized spacial score (nSPS) is 21.8. The van der Waals surface area contributed by atoms with Gasteiger partial charge in [-0.1, -0.05) is 45.0 Å². The lowest BCUT2D eigenvalue weighted by Gasteiger charge is -2.48. The number of aryl methyl sites for hydroxylation is 1. The van der Waals surface area contributed by atoms with E-state index in [0.717, 1.165) is 60.7 Å². The van der Waals surface area contributed by atoms with Crippen molar-refractivity contribution in [1.82, 2.24) is 30.7 Å². The molecule has 4 amide bonds. The Bertz CT molecular complexity index is 1460. The molecule has 3 aliphatic heterocycles. The summed E-state index contributed by atoms with van der Waals surface area (Å²) < 4.78 is 0. The summed E-state index contributed by atoms with van der Waals surface area (Å²) in [6, 6.07) is 5.92. The van der Waals surface area contributed by atoms with Crippen LogP contribution in [0.3, 0.4) is 0 Å². The SMILES string of the molecule is Cc1ncsc1-c1ccc(C(C)NC(=O)[C@@H]2C[C@@H](O)CN2C(=O)C(NC(=O)CCCCC(=O)N2CCC3(CC2)CNC3)C(C)(C)C)cc1. The molecule has 0 bridgehead atoms. The average molecular weight is 681 g/mol. The van der Waals surface area contributed by atoms with Gasteiger partial charge in [0.1, 0.15) is 12.1 Å². The summed E-state index contributed by atoms with van der Waals surface area (Å²) >= 11 is 1.58. The fraction of sp³-hybridized carbons (Fsp3) is 0.639. The molecular formula is C36H52N6O5S. The number of aliphatic hydroxyl groups is 1. The van der Waals surface area contributed by atoms with Crippen LogP contribution in [0.2, 0.25) is 0 Å². The Kier molecular flexibility index (Phi) is 11.3. The Labute approximate surface area is 288 Å². The molecule has 11 nitrogen and oxygen atoms in total. The van der Waals surface area contributed by atoms with Gasteiger partial charge in [-0.15, -0.1) is 11.3 Å². The number of thiazole rings is 1. The van der Waals surface area contributed by atoms with Crippen molar-refractivity contribution < 1.29 is 24.3 Å². The summed E-state index contributed by atoms with van der Waals surface area (Å²) in [5.41, 5.74) is 4.53. The van der Waals surface area contributed by atoms with Crippen LogP contribution in [-0.4, -0.2) is 94.4 Å². The lowest BCUT2D eigenvalue weighted by molar-refractivity contribution is -0.144. The maximum absolute atomic E-state index is 13.9. The predicted molar refractivity (Wildman–Crippen MR) is 186 cm³/mol. The number of unbranched alkanes of at least 4 members (excludes halogenated alkanes) is 1. The predicted octanol–water partition coefficient (Wildman–Crippen LogP) is 3.56. The van der Waals surface area contributed by atoms with Crippen LogP contribution in [0.4, 0.5) is 0 Å². The largest absolute Gasteiger partial charge is 0.391 e. The van der Waals surface area contributed by atoms with Gasteiger partial charge >= 0.3 is 0 Å². The molecule has 0 aliphatic carbocycles. The molecule has 1 aromatic heterocycles. The van der Waals surface area contributed by atoms with Crippen molar-refractivity contribution in [3.05, 3.63) is 41.0 Å². The van der Waals surface area contributed by atoms with Gasteiger partial charge in [-0.25, -0.2) is 4.98 Å². The molecule has 48 heavy (non-hydrogen) atoms. The Morgan fingerprint density at radius 2 is 1.73 bits per heavy atom. The lowest BCUT2D eigenvalue weighted by Crippen LogP contribution is -2.58. The summed E-state index contributed by atoms with van der Waals surface area (Å²) in [5.74, 6) is -0.843. The molecule has 4 N–H and O–H groups in total. The molecule has 1 spiro atoms. The Hall–Kier alpha value is -3.35. The first-order valence-electron chi connectivity index (χ1n) is 17.3. The van der Waals surface area contributed by atoms with Crippen molar-refractivity contribution in [3.63, 3.8) is 0 Å². The minimum Gasteiger partial charge on any atom is -0.391 e. The van der Waals surface area contributed by atoms with Crippen molar-refractivity contribution in [2.45, 2.75) is 104 Å². The van der Waals surface area contributed by atoms with Gasteiger partial charge in [0, 0.05) is 52.0 Å². The number of aliphatic hydroxyl groups excluding tert-OH is 1. The molecule has 12 heteroatoms. The van der Waals surface area contributed by atoms with Gasteiger partial charge in [0.25, 0.3) is 0 Å². The molecule has 3 saturated heterocycles. The molecule has 2 aromatic rings. The summed E-state index contributed by atoms with van der Waals surface area (Å²) in [7, 11) is 0. The fourth-order valence-corrected chi connectivity index (χ4v) is 7.84. The first kappa shape index (κ1) is 35.9. The third kappa shape index (κ3) is 8.44. The van der Waals surface area contributed by atoms with E-state index >= 15 is 0 Å². The van der Waals surface area contributed by atoms with Gasteiger partial charge in [-0.3, -0.25) is 19.2 Å². The molecule has 5 rings (SSSR count). The molecule has 3 fully saturated rings. The lowest BCUT2D eigenvalue weighted by atomic mass is 9.73. The van der Waals surface area contributed by atoms with Gasteiger partial charge in [0.2, 0.25) is 23.6 Å². The highest BCUT2D eigenvalue weighted by Gasteiger charge is 2.45. The minimum absolute atomic E-state index is 0.0207. The zero-order valence-corrected chi connectivity index (χ0v) is 29.8. The van der Waals surface area contributed by atoms with E-state index < -0.39 is 23.6 Å². The number of carbonyl (C=O) groups is 4. The number of likely N-dealkylation sites (tertiary alicyclic amines) is 2. The molecular weight excluding hydrogens is 628 g/mol. The number of nitrogens with one attached hydrogen (secondary N) is 3. The number of hydrogen-bond donors (Lipinski definition) is 4. The third-order valence-corrected chi connectivity index (χ3v) is 11.3. The zero-order valence-electron chi connectivity index (χ0n) is 29.0. The van der Waals surface area contributed by atoms with E-state index in [1.807, 2.05) is 69.3 Å². The molecule has 4 atom stereocenters. The van der Waals surface area contributed by atoms with E-state index in [9.17, 15) is 24.3 Å². The first-order valence-corrected chi connectivity index (χ1v) is 18.2. The topological polar surface area (TPSA) is 144 Å². The second-order valence-electron chi connectivity index (χ2n) is 15.1. The van der Waals surface area contributed by atoms with E-state index in [-0.39, 0.29) is 49.1 Å². The number of benzene rings is 1. The number of piperidine rings is 1. The van der Waals surface area contributed by atoms with Crippen molar-refractivity contribution in [1.29, 1.82) is 0 Å². The average Bonchev–Trinajstić information content (AvgIpc) is 3.65. The van der Waals surface area contributed by atoms with Crippen molar-refractivity contribution in [3.8, 4) is 10.4 Å². The zero-order chi connectivity index (χ0) is 34.6. The number of aromatic nitrogens is 1. The van der Waals surface area contributed by atoms with E-state index in [4.69, 9.17) is 0 Å². The van der Waals surface area contributed by atoms with E-state index in [2.05, 4.69) is 20.9 Å². The van der Waals surface area contributed by atoms with Crippen LogP contribution >= 0.6 is 11.3 Å². The van der Waals surface area contributed by atoms with Gasteiger partial charge in [0.15, 0.2) is 0 Å². The van der Waals surface area contributed by atoms with Crippen LogP contribution in [0.1, 0.15) is 89.9 Å². The Balaban J connectivity index is 1.12. The van der Waals surface area contributed by atoms with Gasteiger partial charge in [-0.2, -0.15) is 0 Å². The second kappa shape index (κ2) is 15.0. The maximum Gasteiger partial charge on any atom is 0.246 e. The molecule has 0 radical (unpaired) electrons. The molecule has 262 valence electrons.